The Morgan fingerprint density at radius 3 is 2.79 bits per heavy atom. The lowest BCUT2D eigenvalue weighted by Gasteiger charge is -2.08. The monoisotopic (exact) mass is 384 g/mol. The molecule has 1 heterocycles. The van der Waals surface area contributed by atoms with Gasteiger partial charge in [-0.25, -0.2) is 0 Å². The Labute approximate surface area is 129 Å². The molecule has 0 fully saturated rings. The number of benzene rings is 1. The number of hydrogen-bond acceptors (Lipinski definition) is 3. The fourth-order valence-electron chi connectivity index (χ4n) is 1.68. The average Bonchev–Trinajstić information content (AvgIpc) is 2.41. The zero-order valence-corrected chi connectivity index (χ0v) is 13.7. The van der Waals surface area contributed by atoms with Gasteiger partial charge in [0.05, 0.1) is 12.8 Å². The number of ether oxygens (including phenoxy) is 1. The van der Waals surface area contributed by atoms with Gasteiger partial charge >= 0.3 is 0 Å². The van der Waals surface area contributed by atoms with Crippen LogP contribution in [0.2, 0.25) is 0 Å². The number of aromatic nitrogens is 1. The Morgan fingerprint density at radius 1 is 1.21 bits per heavy atom. The summed E-state index contributed by atoms with van der Waals surface area (Å²) >= 11 is 6.89. The summed E-state index contributed by atoms with van der Waals surface area (Å²) in [5, 5.41) is 3.37. The minimum atomic E-state index is 0.713. The van der Waals surface area contributed by atoms with E-state index in [1.807, 2.05) is 24.3 Å². The van der Waals surface area contributed by atoms with E-state index < -0.39 is 0 Å². The number of pyridine rings is 1. The smallest absolute Gasteiger partial charge is 0.119 e. The summed E-state index contributed by atoms with van der Waals surface area (Å²) in [4.78, 5) is 4.36. The van der Waals surface area contributed by atoms with Crippen LogP contribution in [0.15, 0.2) is 45.5 Å². The molecule has 19 heavy (non-hydrogen) atoms. The zero-order chi connectivity index (χ0) is 13.7. The summed E-state index contributed by atoms with van der Waals surface area (Å²) < 4.78 is 7.17. The zero-order valence-electron chi connectivity index (χ0n) is 10.5. The fraction of sp³-hybridized carbons (Fsp3) is 0.214. The molecule has 0 aliphatic heterocycles. The molecule has 5 heteroatoms. The van der Waals surface area contributed by atoms with Gasteiger partial charge in [-0.15, -0.1) is 0 Å². The molecule has 100 valence electrons. The first-order valence-electron chi connectivity index (χ1n) is 5.82. The van der Waals surface area contributed by atoms with Gasteiger partial charge in [0, 0.05) is 28.2 Å². The summed E-state index contributed by atoms with van der Waals surface area (Å²) in [6.07, 6.45) is 1.80. The van der Waals surface area contributed by atoms with Crippen LogP contribution in [-0.2, 0) is 13.1 Å². The Kier molecular flexibility index (Phi) is 5.36. The van der Waals surface area contributed by atoms with Crippen molar-refractivity contribution < 1.29 is 4.74 Å². The first-order valence-corrected chi connectivity index (χ1v) is 7.41. The Hall–Kier alpha value is -0.910. The van der Waals surface area contributed by atoms with E-state index in [9.17, 15) is 0 Å². The summed E-state index contributed by atoms with van der Waals surface area (Å²) in [5.41, 5.74) is 2.18. The van der Waals surface area contributed by atoms with Gasteiger partial charge in [-0.1, -0.05) is 12.1 Å². The van der Waals surface area contributed by atoms with E-state index >= 15 is 0 Å². The molecule has 1 aromatic carbocycles. The molecular weight excluding hydrogens is 372 g/mol. The van der Waals surface area contributed by atoms with Crippen molar-refractivity contribution in [2.24, 2.45) is 0 Å². The van der Waals surface area contributed by atoms with Crippen LogP contribution in [0.3, 0.4) is 0 Å². The van der Waals surface area contributed by atoms with Crippen molar-refractivity contribution in [3.63, 3.8) is 0 Å². The van der Waals surface area contributed by atoms with Crippen molar-refractivity contribution in [2.45, 2.75) is 13.1 Å². The van der Waals surface area contributed by atoms with Gasteiger partial charge < -0.3 is 10.1 Å². The van der Waals surface area contributed by atoms with Crippen molar-refractivity contribution >= 4 is 31.9 Å². The van der Waals surface area contributed by atoms with Crippen LogP contribution < -0.4 is 10.1 Å². The Morgan fingerprint density at radius 2 is 2.05 bits per heavy atom. The molecule has 0 bridgehead atoms. The van der Waals surface area contributed by atoms with Gasteiger partial charge in [0.1, 0.15) is 5.75 Å². The molecular formula is C14H14Br2N2O. The van der Waals surface area contributed by atoms with Crippen molar-refractivity contribution in [2.75, 3.05) is 7.11 Å². The number of halogens is 2. The van der Waals surface area contributed by atoms with Crippen LogP contribution in [0.25, 0.3) is 0 Å². The van der Waals surface area contributed by atoms with Crippen LogP contribution in [0, 0.1) is 0 Å². The molecule has 0 atom stereocenters. The minimum absolute atomic E-state index is 0.713. The maximum Gasteiger partial charge on any atom is 0.119 e. The first kappa shape index (κ1) is 14.5. The van der Waals surface area contributed by atoms with Crippen LogP contribution in [0.5, 0.6) is 5.75 Å². The number of hydrogen-bond donors (Lipinski definition) is 1. The summed E-state index contributed by atoms with van der Waals surface area (Å²) in [7, 11) is 1.68. The maximum absolute atomic E-state index is 5.20. The third-order valence-corrected chi connectivity index (χ3v) is 3.76. The van der Waals surface area contributed by atoms with Gasteiger partial charge in [0.15, 0.2) is 0 Å². The standard InChI is InChI=1S/C14H14Br2N2O/c1-19-12-4-2-3-10(5-12)7-17-9-14-13(16)6-11(15)8-18-14/h2-6,8,17H,7,9H2,1H3. The van der Waals surface area contributed by atoms with E-state index in [-0.39, 0.29) is 0 Å². The highest BCUT2D eigenvalue weighted by Gasteiger charge is 2.02. The van der Waals surface area contributed by atoms with E-state index in [0.29, 0.717) is 6.54 Å². The second-order valence-electron chi connectivity index (χ2n) is 4.04. The lowest BCUT2D eigenvalue weighted by molar-refractivity contribution is 0.414. The highest BCUT2D eigenvalue weighted by molar-refractivity contribution is 9.11. The minimum Gasteiger partial charge on any atom is -0.497 e. The molecule has 0 unspecified atom stereocenters. The molecule has 1 aromatic heterocycles. The van der Waals surface area contributed by atoms with Gasteiger partial charge in [0.25, 0.3) is 0 Å². The topological polar surface area (TPSA) is 34.1 Å². The average molecular weight is 386 g/mol. The second-order valence-corrected chi connectivity index (χ2v) is 5.81. The lowest BCUT2D eigenvalue weighted by Crippen LogP contribution is -2.14. The Bertz CT molecular complexity index is 561. The third-order valence-electron chi connectivity index (χ3n) is 2.64. The van der Waals surface area contributed by atoms with Crippen molar-refractivity contribution in [3.8, 4) is 5.75 Å². The van der Waals surface area contributed by atoms with Gasteiger partial charge in [-0.05, 0) is 55.6 Å². The molecule has 0 aliphatic carbocycles. The molecule has 2 rings (SSSR count). The normalized spacial score (nSPS) is 10.5. The predicted octanol–water partition coefficient (Wildman–Crippen LogP) is 3.91. The number of nitrogens with one attached hydrogen (secondary N) is 1. The molecule has 2 aromatic rings. The molecule has 0 spiro atoms. The molecule has 1 N–H and O–H groups in total. The molecule has 3 nitrogen and oxygen atoms in total. The number of rotatable bonds is 5. The first-order chi connectivity index (χ1) is 9.19. The van der Waals surface area contributed by atoms with E-state index in [4.69, 9.17) is 4.74 Å². The van der Waals surface area contributed by atoms with Crippen LogP contribution >= 0.6 is 31.9 Å². The quantitative estimate of drug-likeness (QED) is 0.847. The molecule has 0 saturated carbocycles. The third kappa shape index (κ3) is 4.30. The molecule has 0 aliphatic rings. The van der Waals surface area contributed by atoms with Crippen LogP contribution in [0.1, 0.15) is 11.3 Å². The van der Waals surface area contributed by atoms with E-state index in [0.717, 1.165) is 26.9 Å². The van der Waals surface area contributed by atoms with E-state index in [2.05, 4.69) is 48.2 Å². The molecule has 0 saturated heterocycles. The van der Waals surface area contributed by atoms with Crippen molar-refractivity contribution in [3.05, 3.63) is 56.7 Å². The van der Waals surface area contributed by atoms with Gasteiger partial charge in [-0.3, -0.25) is 4.98 Å². The summed E-state index contributed by atoms with van der Waals surface area (Å²) in [6.45, 7) is 1.49. The second kappa shape index (κ2) is 7.03. The van der Waals surface area contributed by atoms with Crippen molar-refractivity contribution in [1.82, 2.24) is 10.3 Å². The fourth-order valence-corrected chi connectivity index (χ4v) is 2.81. The number of methoxy groups -OCH3 is 1. The van der Waals surface area contributed by atoms with E-state index in [1.54, 1.807) is 13.3 Å². The van der Waals surface area contributed by atoms with Gasteiger partial charge in [0.2, 0.25) is 0 Å². The maximum atomic E-state index is 5.20. The van der Waals surface area contributed by atoms with E-state index in [1.165, 1.54) is 5.56 Å². The highest BCUT2D eigenvalue weighted by Crippen LogP contribution is 2.19. The van der Waals surface area contributed by atoms with Crippen LogP contribution in [-0.4, -0.2) is 12.1 Å². The summed E-state index contributed by atoms with van der Waals surface area (Å²) in [6, 6.07) is 10.0. The van der Waals surface area contributed by atoms with Gasteiger partial charge in [-0.2, -0.15) is 0 Å². The van der Waals surface area contributed by atoms with Crippen molar-refractivity contribution in [1.29, 1.82) is 0 Å². The summed E-state index contributed by atoms with van der Waals surface area (Å²) in [5.74, 6) is 0.877. The largest absolute Gasteiger partial charge is 0.497 e. The molecule has 0 radical (unpaired) electrons. The number of nitrogens with zero attached hydrogens (tertiary/aromatic N) is 1. The molecule has 0 amide bonds. The Balaban J connectivity index is 1.92. The highest BCUT2D eigenvalue weighted by atomic mass is 79.9. The predicted molar refractivity (Wildman–Crippen MR) is 83.2 cm³/mol. The SMILES string of the molecule is COc1cccc(CNCc2ncc(Br)cc2Br)c1. The van der Waals surface area contributed by atoms with Crippen LogP contribution in [0.4, 0.5) is 0 Å². The lowest BCUT2D eigenvalue weighted by atomic mass is 10.2.